The monoisotopic (exact) mass is 269 g/mol. The molecule has 1 N–H and O–H groups in total. The number of amides is 1. The van der Waals surface area contributed by atoms with Crippen molar-refractivity contribution in [2.24, 2.45) is 0 Å². The lowest BCUT2D eigenvalue weighted by Crippen LogP contribution is -2.34. The number of hydrogen-bond donors (Lipinski definition) is 1. The molecule has 0 saturated carbocycles. The van der Waals surface area contributed by atoms with Gasteiger partial charge in [-0.2, -0.15) is 0 Å². The van der Waals surface area contributed by atoms with Crippen LogP contribution in [-0.2, 0) is 6.54 Å². The Hall–Kier alpha value is -1.89. The fraction of sp³-hybridized carbons (Fsp3) is 0.583. The highest BCUT2D eigenvalue weighted by Gasteiger charge is 2.22. The highest BCUT2D eigenvalue weighted by atomic mass is 16.6. The Labute approximate surface area is 111 Å². The largest absolute Gasteiger partial charge is 0.392 e. The van der Waals surface area contributed by atoms with Crippen molar-refractivity contribution in [1.82, 2.24) is 9.47 Å². The lowest BCUT2D eigenvalue weighted by atomic mass is 10.3. The van der Waals surface area contributed by atoms with Crippen LogP contribution in [0.5, 0.6) is 0 Å². The zero-order valence-electron chi connectivity index (χ0n) is 11.4. The van der Waals surface area contributed by atoms with E-state index in [9.17, 15) is 20.0 Å². The molecule has 1 rings (SSSR count). The van der Waals surface area contributed by atoms with Crippen LogP contribution >= 0.6 is 0 Å². The van der Waals surface area contributed by atoms with Crippen molar-refractivity contribution in [2.45, 2.75) is 32.9 Å². The van der Waals surface area contributed by atoms with E-state index in [4.69, 9.17) is 0 Å². The first-order valence-electron chi connectivity index (χ1n) is 6.14. The van der Waals surface area contributed by atoms with Gasteiger partial charge in [0.1, 0.15) is 5.69 Å². The van der Waals surface area contributed by atoms with Crippen LogP contribution < -0.4 is 0 Å². The molecule has 1 amide bonds. The van der Waals surface area contributed by atoms with Crippen LogP contribution in [0.4, 0.5) is 5.69 Å². The molecule has 0 spiro atoms. The summed E-state index contributed by atoms with van der Waals surface area (Å²) in [5, 5.41) is 20.0. The van der Waals surface area contributed by atoms with Gasteiger partial charge in [0, 0.05) is 26.2 Å². The van der Waals surface area contributed by atoms with E-state index in [1.807, 2.05) is 6.92 Å². The maximum Gasteiger partial charge on any atom is 0.287 e. The number of carbonyl (C=O) groups is 1. The van der Waals surface area contributed by atoms with Crippen LogP contribution in [-0.4, -0.2) is 45.1 Å². The minimum absolute atomic E-state index is 0.0951. The van der Waals surface area contributed by atoms with Crippen molar-refractivity contribution in [3.05, 3.63) is 28.1 Å². The molecule has 106 valence electrons. The Balaban J connectivity index is 3.03. The Bertz CT molecular complexity index is 468. The smallest absolute Gasteiger partial charge is 0.287 e. The van der Waals surface area contributed by atoms with Gasteiger partial charge in [-0.15, -0.1) is 0 Å². The molecular formula is C12H19N3O4. The highest BCUT2D eigenvalue weighted by Crippen LogP contribution is 2.18. The Morgan fingerprint density at radius 2 is 2.26 bits per heavy atom. The SMILES string of the molecule is CCCn1cc([N+](=O)[O-])cc1C(=O)N(C)CC(C)O. The maximum atomic E-state index is 12.2. The minimum Gasteiger partial charge on any atom is -0.392 e. The van der Waals surface area contributed by atoms with Gasteiger partial charge in [-0.3, -0.25) is 14.9 Å². The average molecular weight is 269 g/mol. The van der Waals surface area contributed by atoms with Crippen molar-refractivity contribution in [3.63, 3.8) is 0 Å². The Morgan fingerprint density at radius 1 is 1.63 bits per heavy atom. The number of rotatable bonds is 6. The third-order valence-corrected chi connectivity index (χ3v) is 2.66. The van der Waals surface area contributed by atoms with Gasteiger partial charge < -0.3 is 14.6 Å². The van der Waals surface area contributed by atoms with Crippen molar-refractivity contribution in [1.29, 1.82) is 0 Å². The zero-order chi connectivity index (χ0) is 14.6. The fourth-order valence-electron chi connectivity index (χ4n) is 1.87. The average Bonchev–Trinajstić information content (AvgIpc) is 2.71. The summed E-state index contributed by atoms with van der Waals surface area (Å²) in [5.41, 5.74) is 0.180. The summed E-state index contributed by atoms with van der Waals surface area (Å²) < 4.78 is 1.58. The number of aliphatic hydroxyl groups is 1. The first-order chi connectivity index (χ1) is 8.86. The standard InChI is InChI=1S/C12H19N3O4/c1-4-5-14-8-10(15(18)19)6-11(14)12(17)13(3)7-9(2)16/h6,8-9,16H,4-5,7H2,1-3H3. The Kier molecular flexibility index (Phi) is 5.05. The van der Waals surface area contributed by atoms with E-state index in [0.717, 1.165) is 6.42 Å². The van der Waals surface area contributed by atoms with E-state index < -0.39 is 11.0 Å². The normalized spacial score (nSPS) is 12.2. The second kappa shape index (κ2) is 6.33. The first kappa shape index (κ1) is 15.2. The number of nitrogens with zero attached hydrogens (tertiary/aromatic N) is 3. The molecule has 0 radical (unpaired) electrons. The van der Waals surface area contributed by atoms with Gasteiger partial charge in [-0.25, -0.2) is 0 Å². The molecule has 1 aromatic heterocycles. The van der Waals surface area contributed by atoms with E-state index in [1.165, 1.54) is 17.2 Å². The Morgan fingerprint density at radius 3 is 2.74 bits per heavy atom. The maximum absolute atomic E-state index is 12.2. The number of likely N-dealkylation sites (N-methyl/N-ethyl adjacent to an activating group) is 1. The molecule has 0 fully saturated rings. The summed E-state index contributed by atoms with van der Waals surface area (Å²) in [7, 11) is 1.56. The molecule has 0 aliphatic rings. The van der Waals surface area contributed by atoms with Crippen molar-refractivity contribution in [2.75, 3.05) is 13.6 Å². The second-order valence-electron chi connectivity index (χ2n) is 4.57. The zero-order valence-corrected chi connectivity index (χ0v) is 11.4. The van der Waals surface area contributed by atoms with Crippen molar-refractivity contribution < 1.29 is 14.8 Å². The molecule has 7 nitrogen and oxygen atoms in total. The molecule has 1 aromatic rings. The number of carbonyl (C=O) groups excluding carboxylic acids is 1. The number of aromatic nitrogens is 1. The van der Waals surface area contributed by atoms with Gasteiger partial charge in [0.2, 0.25) is 0 Å². The fourth-order valence-corrected chi connectivity index (χ4v) is 1.87. The van der Waals surface area contributed by atoms with E-state index in [1.54, 1.807) is 18.5 Å². The lowest BCUT2D eigenvalue weighted by Gasteiger charge is -2.19. The summed E-state index contributed by atoms with van der Waals surface area (Å²) in [6, 6.07) is 1.27. The first-order valence-corrected chi connectivity index (χ1v) is 6.14. The van der Waals surface area contributed by atoms with Gasteiger partial charge >= 0.3 is 0 Å². The third kappa shape index (κ3) is 3.78. The molecule has 0 aliphatic carbocycles. The summed E-state index contributed by atoms with van der Waals surface area (Å²) >= 11 is 0. The summed E-state index contributed by atoms with van der Waals surface area (Å²) in [4.78, 5) is 23.8. The van der Waals surface area contributed by atoms with E-state index in [2.05, 4.69) is 0 Å². The molecule has 0 bridgehead atoms. The highest BCUT2D eigenvalue weighted by molar-refractivity contribution is 5.93. The molecule has 0 aromatic carbocycles. The van der Waals surface area contributed by atoms with Crippen LogP contribution in [0.15, 0.2) is 12.3 Å². The predicted octanol–water partition coefficient (Wildman–Crippen LogP) is 1.26. The second-order valence-corrected chi connectivity index (χ2v) is 4.57. The van der Waals surface area contributed by atoms with Crippen LogP contribution in [0.2, 0.25) is 0 Å². The van der Waals surface area contributed by atoms with Gasteiger partial charge in [-0.05, 0) is 13.3 Å². The topological polar surface area (TPSA) is 88.6 Å². The minimum atomic E-state index is -0.640. The van der Waals surface area contributed by atoms with Gasteiger partial charge in [0.05, 0.1) is 17.2 Å². The van der Waals surface area contributed by atoms with Gasteiger partial charge in [-0.1, -0.05) is 6.92 Å². The molecule has 19 heavy (non-hydrogen) atoms. The number of aliphatic hydroxyl groups excluding tert-OH is 1. The number of hydrogen-bond acceptors (Lipinski definition) is 4. The third-order valence-electron chi connectivity index (χ3n) is 2.66. The van der Waals surface area contributed by atoms with Crippen LogP contribution in [0, 0.1) is 10.1 Å². The molecule has 1 heterocycles. The number of aryl methyl sites for hydroxylation is 1. The molecule has 0 aliphatic heterocycles. The lowest BCUT2D eigenvalue weighted by molar-refractivity contribution is -0.384. The quantitative estimate of drug-likeness (QED) is 0.622. The summed E-state index contributed by atoms with van der Waals surface area (Å²) in [6.45, 7) is 4.23. The van der Waals surface area contributed by atoms with E-state index in [-0.39, 0.29) is 23.8 Å². The molecule has 1 atom stereocenters. The van der Waals surface area contributed by atoms with Crippen molar-refractivity contribution >= 4 is 11.6 Å². The van der Waals surface area contributed by atoms with Gasteiger partial charge in [0.25, 0.3) is 11.6 Å². The van der Waals surface area contributed by atoms with Crippen LogP contribution in [0.3, 0.4) is 0 Å². The van der Waals surface area contributed by atoms with Gasteiger partial charge in [0.15, 0.2) is 0 Å². The van der Waals surface area contributed by atoms with E-state index >= 15 is 0 Å². The number of nitro groups is 1. The molecule has 7 heteroatoms. The van der Waals surface area contributed by atoms with Crippen LogP contribution in [0.25, 0.3) is 0 Å². The summed E-state index contributed by atoms with van der Waals surface area (Å²) in [6.07, 6.45) is 1.50. The molecule has 1 unspecified atom stereocenters. The van der Waals surface area contributed by atoms with Crippen LogP contribution in [0.1, 0.15) is 30.8 Å². The predicted molar refractivity (Wildman–Crippen MR) is 70.0 cm³/mol. The molecular weight excluding hydrogens is 250 g/mol. The summed E-state index contributed by atoms with van der Waals surface area (Å²) in [5.74, 6) is -0.331. The molecule has 0 saturated heterocycles. The van der Waals surface area contributed by atoms with Crippen molar-refractivity contribution in [3.8, 4) is 0 Å². The van der Waals surface area contributed by atoms with E-state index in [0.29, 0.717) is 6.54 Å².